The molecule has 6 nitrogen and oxygen atoms in total. The molecule has 14 heavy (non-hydrogen) atoms. The van der Waals surface area contributed by atoms with Crippen molar-refractivity contribution in [3.05, 3.63) is 12.2 Å². The van der Waals surface area contributed by atoms with E-state index in [0.29, 0.717) is 12.8 Å². The summed E-state index contributed by atoms with van der Waals surface area (Å²) in [6.45, 7) is 0.206. The van der Waals surface area contributed by atoms with E-state index >= 15 is 0 Å². The number of ether oxygens (including phenoxy) is 2. The Kier molecular flexibility index (Phi) is 6.93. The minimum absolute atomic E-state index is 0.103. The Morgan fingerprint density at radius 2 is 1.29 bits per heavy atom. The minimum Gasteiger partial charge on any atom is -0.450 e. The van der Waals surface area contributed by atoms with Crippen molar-refractivity contribution >= 4 is 12.3 Å². The van der Waals surface area contributed by atoms with Crippen LogP contribution in [0.5, 0.6) is 0 Å². The van der Waals surface area contributed by atoms with E-state index in [1.165, 1.54) is 0 Å². The van der Waals surface area contributed by atoms with Gasteiger partial charge >= 0.3 is 12.3 Å². The molecule has 0 radical (unpaired) electrons. The van der Waals surface area contributed by atoms with Crippen molar-refractivity contribution in [2.45, 2.75) is 12.8 Å². The molecule has 0 fully saturated rings. The largest absolute Gasteiger partial charge is 0.505 e. The molecular formula is C8H12O6. The Bertz CT molecular complexity index is 188. The lowest BCUT2D eigenvalue weighted by Gasteiger charge is -1.96. The fourth-order valence-electron chi connectivity index (χ4n) is 0.664. The molecule has 0 heterocycles. The molecule has 80 valence electrons. The van der Waals surface area contributed by atoms with Gasteiger partial charge in [-0.25, -0.2) is 9.59 Å². The van der Waals surface area contributed by atoms with Crippen LogP contribution in [0.1, 0.15) is 12.8 Å². The van der Waals surface area contributed by atoms with Crippen LogP contribution in [-0.4, -0.2) is 35.7 Å². The van der Waals surface area contributed by atoms with E-state index in [0.717, 1.165) is 0 Å². The lowest BCUT2D eigenvalue weighted by Crippen LogP contribution is -2.01. The van der Waals surface area contributed by atoms with E-state index in [2.05, 4.69) is 9.47 Å². The molecule has 0 atom stereocenters. The lowest BCUT2D eigenvalue weighted by molar-refractivity contribution is 0.0912. The van der Waals surface area contributed by atoms with E-state index < -0.39 is 12.3 Å². The summed E-state index contributed by atoms with van der Waals surface area (Å²) < 4.78 is 8.45. The highest BCUT2D eigenvalue weighted by atomic mass is 16.7. The second kappa shape index (κ2) is 7.90. The molecule has 0 saturated heterocycles. The van der Waals surface area contributed by atoms with Crippen LogP contribution in [0.2, 0.25) is 0 Å². The molecule has 0 aromatic carbocycles. The first-order valence-corrected chi connectivity index (χ1v) is 3.99. The summed E-state index contributed by atoms with van der Waals surface area (Å²) >= 11 is 0. The Morgan fingerprint density at radius 1 is 0.929 bits per heavy atom. The van der Waals surface area contributed by atoms with Gasteiger partial charge in [-0.2, -0.15) is 0 Å². The van der Waals surface area contributed by atoms with E-state index in [4.69, 9.17) is 10.2 Å². The highest BCUT2D eigenvalue weighted by Crippen LogP contribution is 1.90. The number of carbonyl (C=O) groups is 2. The fraction of sp³-hybridized carbons (Fsp3) is 0.500. The lowest BCUT2D eigenvalue weighted by atomic mass is 10.3. The van der Waals surface area contributed by atoms with Gasteiger partial charge in [0.1, 0.15) is 0 Å². The second-order valence-electron chi connectivity index (χ2n) is 2.28. The van der Waals surface area contributed by atoms with Gasteiger partial charge in [0.05, 0.1) is 13.2 Å². The molecule has 0 aromatic heterocycles. The minimum atomic E-state index is -1.30. The summed E-state index contributed by atoms with van der Waals surface area (Å²) in [5.74, 6) is 0. The van der Waals surface area contributed by atoms with Crippen LogP contribution in [0.3, 0.4) is 0 Å². The van der Waals surface area contributed by atoms with Crippen molar-refractivity contribution in [3.8, 4) is 0 Å². The molecule has 0 saturated carbocycles. The zero-order valence-corrected chi connectivity index (χ0v) is 7.51. The third-order valence-electron chi connectivity index (χ3n) is 1.19. The van der Waals surface area contributed by atoms with Crippen molar-refractivity contribution in [1.82, 2.24) is 0 Å². The SMILES string of the molecule is O=C(O)OCC/C=C\CCOC(=O)O. The first-order valence-electron chi connectivity index (χ1n) is 3.99. The number of rotatable bonds is 6. The molecule has 0 amide bonds. The molecule has 0 aliphatic rings. The summed E-state index contributed by atoms with van der Waals surface area (Å²) in [7, 11) is 0. The van der Waals surface area contributed by atoms with Crippen molar-refractivity contribution in [1.29, 1.82) is 0 Å². The summed E-state index contributed by atoms with van der Waals surface area (Å²) in [5.41, 5.74) is 0. The fourth-order valence-corrected chi connectivity index (χ4v) is 0.664. The van der Waals surface area contributed by atoms with Crippen molar-refractivity contribution in [2.75, 3.05) is 13.2 Å². The Balaban J connectivity index is 3.19. The van der Waals surface area contributed by atoms with Gasteiger partial charge in [-0.05, 0) is 12.8 Å². The van der Waals surface area contributed by atoms with Gasteiger partial charge in [-0.1, -0.05) is 12.2 Å². The van der Waals surface area contributed by atoms with Crippen LogP contribution in [0.15, 0.2) is 12.2 Å². The summed E-state index contributed by atoms with van der Waals surface area (Å²) in [4.78, 5) is 19.8. The first-order chi connectivity index (χ1) is 6.63. The third kappa shape index (κ3) is 10.3. The third-order valence-corrected chi connectivity index (χ3v) is 1.19. The quantitative estimate of drug-likeness (QED) is 0.388. The van der Waals surface area contributed by atoms with E-state index in [1.807, 2.05) is 0 Å². The normalized spacial score (nSPS) is 10.0. The first kappa shape index (κ1) is 12.3. The molecule has 0 bridgehead atoms. The zero-order chi connectivity index (χ0) is 10.8. The van der Waals surface area contributed by atoms with Gasteiger partial charge in [0.25, 0.3) is 0 Å². The van der Waals surface area contributed by atoms with Gasteiger partial charge in [0.15, 0.2) is 0 Å². The Morgan fingerprint density at radius 3 is 1.57 bits per heavy atom. The highest BCUT2D eigenvalue weighted by Gasteiger charge is 1.93. The standard InChI is InChI=1S/C8H12O6/c9-7(10)13-5-3-1-2-4-6-14-8(11)12/h1-2H,3-6H2,(H,9,10)(H,11,12)/b2-1-. The van der Waals surface area contributed by atoms with Crippen LogP contribution in [0, 0.1) is 0 Å². The van der Waals surface area contributed by atoms with E-state index in [9.17, 15) is 9.59 Å². The zero-order valence-electron chi connectivity index (χ0n) is 7.51. The molecule has 0 aliphatic carbocycles. The maximum absolute atomic E-state index is 9.88. The summed E-state index contributed by atoms with van der Waals surface area (Å²) in [6.07, 6.45) is 1.75. The maximum atomic E-state index is 9.88. The van der Waals surface area contributed by atoms with Crippen LogP contribution < -0.4 is 0 Å². The molecule has 0 spiro atoms. The predicted octanol–water partition coefficient (Wildman–Crippen LogP) is 1.71. The molecule has 0 aliphatic heterocycles. The van der Waals surface area contributed by atoms with Crippen LogP contribution >= 0.6 is 0 Å². The molecule has 0 rings (SSSR count). The summed E-state index contributed by atoms with van der Waals surface area (Å²) in [5, 5.41) is 16.2. The topological polar surface area (TPSA) is 93.1 Å². The molecule has 0 aromatic rings. The molecule has 0 unspecified atom stereocenters. The highest BCUT2D eigenvalue weighted by molar-refractivity contribution is 5.56. The number of hydrogen-bond donors (Lipinski definition) is 2. The van der Waals surface area contributed by atoms with Gasteiger partial charge in [-0.3, -0.25) is 0 Å². The number of carboxylic acid groups (broad SMARTS) is 2. The van der Waals surface area contributed by atoms with Crippen molar-refractivity contribution in [2.24, 2.45) is 0 Å². The maximum Gasteiger partial charge on any atom is 0.505 e. The number of hydrogen-bond acceptors (Lipinski definition) is 4. The summed E-state index contributed by atoms with van der Waals surface area (Å²) in [6, 6.07) is 0. The Hall–Kier alpha value is -1.72. The van der Waals surface area contributed by atoms with Crippen molar-refractivity contribution < 1.29 is 29.3 Å². The van der Waals surface area contributed by atoms with E-state index in [-0.39, 0.29) is 13.2 Å². The van der Waals surface area contributed by atoms with Crippen LogP contribution in [-0.2, 0) is 9.47 Å². The second-order valence-corrected chi connectivity index (χ2v) is 2.28. The van der Waals surface area contributed by atoms with E-state index in [1.54, 1.807) is 12.2 Å². The van der Waals surface area contributed by atoms with Gasteiger partial charge in [0, 0.05) is 0 Å². The molecular weight excluding hydrogens is 192 g/mol. The monoisotopic (exact) mass is 204 g/mol. The average molecular weight is 204 g/mol. The Labute approximate surface area is 80.7 Å². The molecule has 2 N–H and O–H groups in total. The van der Waals surface area contributed by atoms with Crippen molar-refractivity contribution in [3.63, 3.8) is 0 Å². The van der Waals surface area contributed by atoms with Crippen LogP contribution in [0.4, 0.5) is 9.59 Å². The van der Waals surface area contributed by atoms with Gasteiger partial charge < -0.3 is 19.7 Å². The van der Waals surface area contributed by atoms with Crippen LogP contribution in [0.25, 0.3) is 0 Å². The molecule has 6 heteroatoms. The van der Waals surface area contributed by atoms with Gasteiger partial charge in [0.2, 0.25) is 0 Å². The predicted molar refractivity (Wildman–Crippen MR) is 46.3 cm³/mol. The smallest absolute Gasteiger partial charge is 0.450 e. The van der Waals surface area contributed by atoms with Gasteiger partial charge in [-0.15, -0.1) is 0 Å². The average Bonchev–Trinajstić information content (AvgIpc) is 2.08.